The van der Waals surface area contributed by atoms with E-state index in [4.69, 9.17) is 0 Å². The van der Waals surface area contributed by atoms with Crippen molar-refractivity contribution >= 4 is 46.3 Å². The van der Waals surface area contributed by atoms with Gasteiger partial charge in [-0.3, -0.25) is 28.8 Å². The standard InChI is InChI=1S/C45H61N7O6/c1-2-3-19-35-41(54)46-25-12-21-36(48-40(53)24-23-30-14-6-4-7-15-30)45(58)52-26-13-22-39(52)44(57)51-37(27-31-16-8-5-9-17-31)42(55)50-38(43(56)49-35)28-32-29-47-34-20-11-10-18-33(32)34/h4,6-7,10-11,14-15,18,20,29,31,35-39,47H,2-3,5,8-9,12-13,16-17,19,21-28H2,1H3,(H,46,54)(H,48,53)(H,49,56)(H,50,55)(H,51,57)/t35-,36-,37+,38-,39-/m0/s1. The molecule has 5 atom stereocenters. The minimum absolute atomic E-state index is 0.164. The van der Waals surface area contributed by atoms with Crippen molar-refractivity contribution in [2.75, 3.05) is 13.1 Å². The number of rotatable bonds is 11. The molecule has 6 amide bonds. The van der Waals surface area contributed by atoms with Crippen LogP contribution >= 0.6 is 0 Å². The van der Waals surface area contributed by atoms with Crippen LogP contribution in [0.3, 0.4) is 0 Å². The minimum Gasteiger partial charge on any atom is -0.361 e. The summed E-state index contributed by atoms with van der Waals surface area (Å²) in [6.45, 7) is 2.57. The highest BCUT2D eigenvalue weighted by Gasteiger charge is 2.40. The van der Waals surface area contributed by atoms with E-state index >= 15 is 0 Å². The molecule has 3 fully saturated rings. The number of H-pyrrole nitrogens is 1. The molecule has 58 heavy (non-hydrogen) atoms. The first-order chi connectivity index (χ1) is 28.2. The van der Waals surface area contributed by atoms with Gasteiger partial charge in [0.1, 0.15) is 30.2 Å². The van der Waals surface area contributed by atoms with Gasteiger partial charge in [0.2, 0.25) is 35.4 Å². The van der Waals surface area contributed by atoms with Crippen LogP contribution in [0.5, 0.6) is 0 Å². The lowest BCUT2D eigenvalue weighted by molar-refractivity contribution is -0.142. The number of aromatic amines is 1. The molecule has 13 nitrogen and oxygen atoms in total. The lowest BCUT2D eigenvalue weighted by Gasteiger charge is -2.32. The Hall–Kier alpha value is -5.20. The summed E-state index contributed by atoms with van der Waals surface area (Å²) in [5.74, 6) is -2.14. The van der Waals surface area contributed by atoms with Gasteiger partial charge in [-0.2, -0.15) is 0 Å². The van der Waals surface area contributed by atoms with Crippen molar-refractivity contribution in [3.05, 3.63) is 71.9 Å². The number of hydrogen-bond acceptors (Lipinski definition) is 6. The minimum atomic E-state index is -1.04. The third-order valence-corrected chi connectivity index (χ3v) is 12.1. The molecule has 0 unspecified atom stereocenters. The van der Waals surface area contributed by atoms with E-state index in [0.29, 0.717) is 51.5 Å². The van der Waals surface area contributed by atoms with Crippen LogP contribution in [0.4, 0.5) is 0 Å². The summed E-state index contributed by atoms with van der Waals surface area (Å²) in [7, 11) is 0. The summed E-state index contributed by atoms with van der Waals surface area (Å²) < 4.78 is 0. The summed E-state index contributed by atoms with van der Waals surface area (Å²) in [4.78, 5) is 89.1. The average Bonchev–Trinajstić information content (AvgIpc) is 3.90. The number of nitrogens with one attached hydrogen (secondary N) is 6. The highest BCUT2D eigenvalue weighted by atomic mass is 16.2. The second kappa shape index (κ2) is 21.0. The fourth-order valence-corrected chi connectivity index (χ4v) is 8.78. The van der Waals surface area contributed by atoms with Crippen molar-refractivity contribution < 1.29 is 28.8 Å². The van der Waals surface area contributed by atoms with Gasteiger partial charge in [-0.25, -0.2) is 0 Å². The Balaban J connectivity index is 1.28. The van der Waals surface area contributed by atoms with Gasteiger partial charge < -0.3 is 36.5 Å². The number of para-hydroxylation sites is 1. The van der Waals surface area contributed by atoms with E-state index in [0.717, 1.165) is 60.6 Å². The molecule has 3 aromatic rings. The highest BCUT2D eigenvalue weighted by Crippen LogP contribution is 2.28. The Kier molecular flexibility index (Phi) is 15.3. The molecule has 2 aromatic carbocycles. The van der Waals surface area contributed by atoms with E-state index < -0.39 is 47.9 Å². The maximum absolute atomic E-state index is 14.5. The Bertz CT molecular complexity index is 1870. The number of nitrogens with zero attached hydrogens (tertiary/aromatic N) is 1. The molecule has 6 rings (SSSR count). The van der Waals surface area contributed by atoms with Gasteiger partial charge in [0, 0.05) is 43.0 Å². The Morgan fingerprint density at radius 3 is 2.28 bits per heavy atom. The van der Waals surface area contributed by atoms with Gasteiger partial charge in [0.25, 0.3) is 0 Å². The Labute approximate surface area is 341 Å². The third kappa shape index (κ3) is 11.5. The monoisotopic (exact) mass is 795 g/mol. The topological polar surface area (TPSA) is 182 Å². The number of fused-ring (bicyclic) bond motifs is 2. The molecule has 1 saturated carbocycles. The first-order valence-electron chi connectivity index (χ1n) is 21.6. The molecule has 1 aliphatic carbocycles. The second-order valence-electron chi connectivity index (χ2n) is 16.4. The quantitative estimate of drug-likeness (QED) is 0.168. The number of hydrogen-bond donors (Lipinski definition) is 6. The van der Waals surface area contributed by atoms with Gasteiger partial charge in [-0.05, 0) is 68.1 Å². The van der Waals surface area contributed by atoms with Gasteiger partial charge in [0.05, 0.1) is 0 Å². The number of unbranched alkanes of at least 4 members (excludes halogenated alkanes) is 1. The van der Waals surface area contributed by atoms with Crippen LogP contribution in [0.1, 0.15) is 108 Å². The molecule has 1 aromatic heterocycles. The first-order valence-corrected chi connectivity index (χ1v) is 21.6. The lowest BCUT2D eigenvalue weighted by Crippen LogP contribution is -2.59. The highest BCUT2D eigenvalue weighted by molar-refractivity contribution is 5.97. The van der Waals surface area contributed by atoms with E-state index in [2.05, 4.69) is 31.6 Å². The number of benzene rings is 2. The van der Waals surface area contributed by atoms with Crippen LogP contribution < -0.4 is 26.6 Å². The predicted octanol–water partition coefficient (Wildman–Crippen LogP) is 4.34. The number of aromatic nitrogens is 1. The van der Waals surface area contributed by atoms with Crippen molar-refractivity contribution in [1.29, 1.82) is 0 Å². The average molecular weight is 796 g/mol. The second-order valence-corrected chi connectivity index (χ2v) is 16.4. The summed E-state index contributed by atoms with van der Waals surface area (Å²) in [5, 5.41) is 15.8. The maximum Gasteiger partial charge on any atom is 0.245 e. The van der Waals surface area contributed by atoms with Gasteiger partial charge in [-0.1, -0.05) is 100 Å². The molecule has 3 heterocycles. The van der Waals surface area contributed by atoms with Crippen molar-refractivity contribution in [3.63, 3.8) is 0 Å². The van der Waals surface area contributed by atoms with Crippen LogP contribution in [0.25, 0.3) is 10.9 Å². The Morgan fingerprint density at radius 1 is 0.759 bits per heavy atom. The summed E-state index contributed by atoms with van der Waals surface area (Å²) >= 11 is 0. The molecule has 0 spiro atoms. The van der Waals surface area contributed by atoms with E-state index in [1.165, 1.54) is 0 Å². The summed E-state index contributed by atoms with van der Waals surface area (Å²) in [5.41, 5.74) is 2.74. The Morgan fingerprint density at radius 2 is 1.48 bits per heavy atom. The number of carbonyl (C=O) groups excluding carboxylic acids is 6. The van der Waals surface area contributed by atoms with Crippen molar-refractivity contribution in [3.8, 4) is 0 Å². The fourth-order valence-electron chi connectivity index (χ4n) is 8.78. The van der Waals surface area contributed by atoms with Crippen LogP contribution in [0.15, 0.2) is 60.8 Å². The van der Waals surface area contributed by atoms with Crippen molar-refractivity contribution in [2.24, 2.45) is 5.92 Å². The largest absolute Gasteiger partial charge is 0.361 e. The first kappa shape index (κ1) is 42.4. The molecule has 0 bridgehead atoms. The maximum atomic E-state index is 14.5. The lowest BCUT2D eigenvalue weighted by atomic mass is 9.84. The van der Waals surface area contributed by atoms with E-state index in [1.807, 2.05) is 67.7 Å². The van der Waals surface area contributed by atoms with Crippen LogP contribution in [-0.2, 0) is 41.6 Å². The molecule has 13 heteroatoms. The number of carbonyl (C=O) groups is 6. The van der Waals surface area contributed by atoms with Crippen LogP contribution in [-0.4, -0.2) is 88.6 Å². The molecule has 2 aliphatic heterocycles. The zero-order valence-electron chi connectivity index (χ0n) is 33.9. The van der Waals surface area contributed by atoms with E-state index in [9.17, 15) is 28.8 Å². The smallest absolute Gasteiger partial charge is 0.245 e. The van der Waals surface area contributed by atoms with Crippen LogP contribution in [0, 0.1) is 5.92 Å². The molecule has 3 aliphatic rings. The van der Waals surface area contributed by atoms with E-state index in [1.54, 1.807) is 4.90 Å². The number of amides is 6. The van der Waals surface area contributed by atoms with Gasteiger partial charge in [0.15, 0.2) is 0 Å². The van der Waals surface area contributed by atoms with Crippen molar-refractivity contribution in [2.45, 2.75) is 140 Å². The summed E-state index contributed by atoms with van der Waals surface area (Å²) in [6.07, 6.45) is 11.7. The predicted molar refractivity (Wildman–Crippen MR) is 222 cm³/mol. The SMILES string of the molecule is CCCC[C@@H]1NC(=O)[C@H](Cc2c[nH]c3ccccc23)NC(=O)[C@@H](CC2CCCCC2)NC(=O)[C@@H]2CCCN2C(=O)[C@@H](NC(=O)CCc2ccccc2)CCCNC1=O. The molecule has 0 radical (unpaired) electrons. The fraction of sp³-hybridized carbons (Fsp3) is 0.556. The zero-order valence-corrected chi connectivity index (χ0v) is 33.9. The van der Waals surface area contributed by atoms with Crippen molar-refractivity contribution in [1.82, 2.24) is 36.5 Å². The molecule has 6 N–H and O–H groups in total. The summed E-state index contributed by atoms with van der Waals surface area (Å²) in [6, 6.07) is 12.8. The number of aryl methyl sites for hydroxylation is 1. The molecular formula is C45H61N7O6. The van der Waals surface area contributed by atoms with Gasteiger partial charge >= 0.3 is 0 Å². The molecule has 312 valence electrons. The zero-order chi connectivity index (χ0) is 40.9. The van der Waals surface area contributed by atoms with E-state index in [-0.39, 0.29) is 49.4 Å². The molecular weight excluding hydrogens is 735 g/mol. The van der Waals surface area contributed by atoms with Crippen LogP contribution in [0.2, 0.25) is 0 Å². The molecule has 2 saturated heterocycles. The normalized spacial score (nSPS) is 24.5. The van der Waals surface area contributed by atoms with Gasteiger partial charge in [-0.15, -0.1) is 0 Å². The third-order valence-electron chi connectivity index (χ3n) is 12.1.